The fourth-order valence-electron chi connectivity index (χ4n) is 2.73. The van der Waals surface area contributed by atoms with Crippen LogP contribution in [-0.2, 0) is 4.74 Å². The Morgan fingerprint density at radius 1 is 1.17 bits per heavy atom. The van der Waals surface area contributed by atoms with Gasteiger partial charge < -0.3 is 9.47 Å². The second kappa shape index (κ2) is 6.01. The lowest BCUT2D eigenvalue weighted by atomic mass is 9.82. The predicted molar refractivity (Wildman–Crippen MR) is 70.4 cm³/mol. The first-order valence-corrected chi connectivity index (χ1v) is 6.44. The molecule has 18 heavy (non-hydrogen) atoms. The van der Waals surface area contributed by atoms with Crippen molar-refractivity contribution in [1.29, 1.82) is 0 Å². The topological polar surface area (TPSA) is 35.5 Å². The van der Waals surface area contributed by atoms with Gasteiger partial charge in [-0.3, -0.25) is 4.79 Å². The standard InChI is InChI=1S/C15H20O3/c1-17-14-6-3-11(4-7-14)12-5-8-15(18-2)13(9-12)10-16/h5,8-11,14H,3-4,6-7H2,1-2H3. The molecule has 0 aromatic heterocycles. The Hall–Kier alpha value is -1.35. The van der Waals surface area contributed by atoms with Gasteiger partial charge in [0.25, 0.3) is 0 Å². The summed E-state index contributed by atoms with van der Waals surface area (Å²) >= 11 is 0. The van der Waals surface area contributed by atoms with Crippen molar-refractivity contribution in [1.82, 2.24) is 0 Å². The number of hydrogen-bond donors (Lipinski definition) is 0. The number of ether oxygens (including phenoxy) is 2. The molecule has 0 N–H and O–H groups in total. The van der Waals surface area contributed by atoms with Crippen molar-refractivity contribution in [2.45, 2.75) is 37.7 Å². The molecule has 3 nitrogen and oxygen atoms in total. The van der Waals surface area contributed by atoms with Crippen LogP contribution in [0.1, 0.15) is 47.5 Å². The van der Waals surface area contributed by atoms with Crippen molar-refractivity contribution in [2.24, 2.45) is 0 Å². The van der Waals surface area contributed by atoms with Gasteiger partial charge in [0.2, 0.25) is 0 Å². The van der Waals surface area contributed by atoms with Gasteiger partial charge in [0.05, 0.1) is 18.8 Å². The summed E-state index contributed by atoms with van der Waals surface area (Å²) in [6.07, 6.45) is 5.73. The minimum absolute atomic E-state index is 0.407. The summed E-state index contributed by atoms with van der Waals surface area (Å²) in [6, 6.07) is 5.93. The van der Waals surface area contributed by atoms with Crippen LogP contribution in [0.25, 0.3) is 0 Å². The van der Waals surface area contributed by atoms with E-state index in [4.69, 9.17) is 9.47 Å². The summed E-state index contributed by atoms with van der Waals surface area (Å²) < 4.78 is 10.5. The van der Waals surface area contributed by atoms with E-state index in [1.165, 1.54) is 5.56 Å². The maximum atomic E-state index is 11.0. The normalized spacial score (nSPS) is 23.7. The highest BCUT2D eigenvalue weighted by molar-refractivity contribution is 5.79. The van der Waals surface area contributed by atoms with Gasteiger partial charge >= 0.3 is 0 Å². The molecule has 1 aliphatic rings. The van der Waals surface area contributed by atoms with Crippen molar-refractivity contribution in [3.05, 3.63) is 29.3 Å². The van der Waals surface area contributed by atoms with E-state index < -0.39 is 0 Å². The summed E-state index contributed by atoms with van der Waals surface area (Å²) in [6.45, 7) is 0. The average Bonchev–Trinajstić information content (AvgIpc) is 2.46. The van der Waals surface area contributed by atoms with Gasteiger partial charge in [0.1, 0.15) is 5.75 Å². The first-order chi connectivity index (χ1) is 8.78. The number of carbonyl (C=O) groups is 1. The largest absolute Gasteiger partial charge is 0.496 e. The van der Waals surface area contributed by atoms with E-state index in [0.717, 1.165) is 32.0 Å². The van der Waals surface area contributed by atoms with E-state index in [9.17, 15) is 4.79 Å². The third-order valence-corrected chi connectivity index (χ3v) is 3.86. The smallest absolute Gasteiger partial charge is 0.153 e. The molecule has 0 spiro atoms. The van der Waals surface area contributed by atoms with Crippen LogP contribution in [0.3, 0.4) is 0 Å². The Kier molecular flexibility index (Phi) is 4.37. The molecular formula is C15H20O3. The zero-order valence-corrected chi connectivity index (χ0v) is 11.0. The fraction of sp³-hybridized carbons (Fsp3) is 0.533. The summed E-state index contributed by atoms with van der Waals surface area (Å²) in [5.74, 6) is 1.19. The lowest BCUT2D eigenvalue weighted by molar-refractivity contribution is 0.0658. The molecule has 0 radical (unpaired) electrons. The van der Waals surface area contributed by atoms with E-state index in [1.54, 1.807) is 14.2 Å². The predicted octanol–water partition coefficient (Wildman–Crippen LogP) is 3.18. The molecule has 1 aliphatic carbocycles. The Morgan fingerprint density at radius 2 is 1.89 bits per heavy atom. The van der Waals surface area contributed by atoms with Crippen molar-refractivity contribution >= 4 is 6.29 Å². The molecule has 0 aliphatic heterocycles. The van der Waals surface area contributed by atoms with Gasteiger partial charge in [-0.05, 0) is 49.3 Å². The van der Waals surface area contributed by atoms with E-state index in [-0.39, 0.29) is 0 Å². The third kappa shape index (κ3) is 2.72. The Balaban J connectivity index is 2.12. The molecule has 0 saturated heterocycles. The minimum atomic E-state index is 0.407. The van der Waals surface area contributed by atoms with Gasteiger partial charge in [0.15, 0.2) is 6.29 Å². The molecule has 0 heterocycles. The van der Waals surface area contributed by atoms with Crippen LogP contribution < -0.4 is 4.74 Å². The zero-order valence-electron chi connectivity index (χ0n) is 11.0. The number of methoxy groups -OCH3 is 2. The number of aldehydes is 1. The molecule has 0 atom stereocenters. The fourth-order valence-corrected chi connectivity index (χ4v) is 2.73. The molecule has 3 heteroatoms. The average molecular weight is 248 g/mol. The molecule has 0 amide bonds. The summed E-state index contributed by atoms with van der Waals surface area (Å²) in [5, 5.41) is 0. The van der Waals surface area contributed by atoms with Gasteiger partial charge in [-0.25, -0.2) is 0 Å². The van der Waals surface area contributed by atoms with E-state index in [2.05, 4.69) is 6.07 Å². The highest BCUT2D eigenvalue weighted by Gasteiger charge is 2.22. The second-order valence-corrected chi connectivity index (χ2v) is 4.83. The Morgan fingerprint density at radius 3 is 2.44 bits per heavy atom. The van der Waals surface area contributed by atoms with Gasteiger partial charge in [-0.15, -0.1) is 0 Å². The number of rotatable bonds is 4. The third-order valence-electron chi connectivity index (χ3n) is 3.86. The van der Waals surface area contributed by atoms with Crippen molar-refractivity contribution in [3.63, 3.8) is 0 Å². The monoisotopic (exact) mass is 248 g/mol. The van der Waals surface area contributed by atoms with Crippen molar-refractivity contribution in [2.75, 3.05) is 14.2 Å². The highest BCUT2D eigenvalue weighted by Crippen LogP contribution is 2.35. The van der Waals surface area contributed by atoms with Crippen LogP contribution in [0, 0.1) is 0 Å². The molecule has 0 unspecified atom stereocenters. The van der Waals surface area contributed by atoms with E-state index >= 15 is 0 Å². The maximum Gasteiger partial charge on any atom is 0.153 e. The quantitative estimate of drug-likeness (QED) is 0.768. The zero-order chi connectivity index (χ0) is 13.0. The summed E-state index contributed by atoms with van der Waals surface area (Å²) in [4.78, 5) is 11.0. The Labute approximate surface area is 108 Å². The SMILES string of the molecule is COc1ccc(C2CCC(OC)CC2)cc1C=O. The first-order valence-electron chi connectivity index (χ1n) is 6.44. The lowest BCUT2D eigenvalue weighted by Gasteiger charge is -2.28. The molecule has 98 valence electrons. The van der Waals surface area contributed by atoms with Gasteiger partial charge in [0, 0.05) is 7.11 Å². The summed E-state index contributed by atoms with van der Waals surface area (Å²) in [5.41, 5.74) is 1.89. The molecule has 1 fully saturated rings. The van der Waals surface area contributed by atoms with Crippen LogP contribution in [0.4, 0.5) is 0 Å². The van der Waals surface area contributed by atoms with Crippen LogP contribution in [0.5, 0.6) is 5.75 Å². The van der Waals surface area contributed by atoms with E-state index in [0.29, 0.717) is 23.3 Å². The summed E-state index contributed by atoms with van der Waals surface area (Å²) in [7, 11) is 3.37. The molecule has 0 bridgehead atoms. The minimum Gasteiger partial charge on any atom is -0.496 e. The number of carbonyl (C=O) groups excluding carboxylic acids is 1. The molecule has 2 rings (SSSR count). The van der Waals surface area contributed by atoms with Crippen molar-refractivity contribution in [3.8, 4) is 5.75 Å². The number of hydrogen-bond acceptors (Lipinski definition) is 3. The van der Waals surface area contributed by atoms with Gasteiger partial charge in [-0.1, -0.05) is 6.07 Å². The van der Waals surface area contributed by atoms with Crippen LogP contribution in [0.2, 0.25) is 0 Å². The first kappa shape index (κ1) is 13.1. The Bertz CT molecular complexity index is 406. The van der Waals surface area contributed by atoms with Gasteiger partial charge in [-0.2, -0.15) is 0 Å². The number of benzene rings is 1. The maximum absolute atomic E-state index is 11.0. The molecular weight excluding hydrogens is 228 g/mol. The second-order valence-electron chi connectivity index (χ2n) is 4.83. The van der Waals surface area contributed by atoms with E-state index in [1.807, 2.05) is 12.1 Å². The highest BCUT2D eigenvalue weighted by atomic mass is 16.5. The lowest BCUT2D eigenvalue weighted by Crippen LogP contribution is -2.19. The van der Waals surface area contributed by atoms with Crippen LogP contribution in [0.15, 0.2) is 18.2 Å². The molecule has 1 saturated carbocycles. The van der Waals surface area contributed by atoms with Crippen LogP contribution in [-0.4, -0.2) is 26.6 Å². The molecule has 1 aromatic rings. The van der Waals surface area contributed by atoms with Crippen LogP contribution >= 0.6 is 0 Å². The van der Waals surface area contributed by atoms with Crippen molar-refractivity contribution < 1.29 is 14.3 Å². The molecule has 1 aromatic carbocycles.